The van der Waals surface area contributed by atoms with E-state index in [0.29, 0.717) is 43.8 Å². The fraction of sp³-hybridized carbons (Fsp3) is 0.350. The Bertz CT molecular complexity index is 922. The Morgan fingerprint density at radius 2 is 2.14 bits per heavy atom. The first kappa shape index (κ1) is 19.5. The maximum absolute atomic E-state index is 12.1. The number of amides is 1. The summed E-state index contributed by atoms with van der Waals surface area (Å²) in [4.78, 5) is 27.3. The van der Waals surface area contributed by atoms with E-state index in [1.807, 2.05) is 18.2 Å². The van der Waals surface area contributed by atoms with Crippen molar-refractivity contribution in [1.82, 2.24) is 10.0 Å². The number of nitrogens with zero attached hydrogens (tertiary/aromatic N) is 2. The highest BCUT2D eigenvalue weighted by molar-refractivity contribution is 5.84. The zero-order valence-corrected chi connectivity index (χ0v) is 15.4. The van der Waals surface area contributed by atoms with Gasteiger partial charge in [-0.1, -0.05) is 12.1 Å². The van der Waals surface area contributed by atoms with Crippen molar-refractivity contribution < 1.29 is 24.6 Å². The molecule has 1 aliphatic heterocycles. The first-order chi connectivity index (χ1) is 13.5. The summed E-state index contributed by atoms with van der Waals surface area (Å²) in [6.07, 6.45) is 2.43. The fourth-order valence-electron chi connectivity index (χ4n) is 3.12. The van der Waals surface area contributed by atoms with Gasteiger partial charge < -0.3 is 20.4 Å². The van der Waals surface area contributed by atoms with Crippen molar-refractivity contribution in [2.75, 3.05) is 13.2 Å². The van der Waals surface area contributed by atoms with Crippen LogP contribution in [-0.2, 0) is 22.6 Å². The van der Waals surface area contributed by atoms with Gasteiger partial charge in [-0.3, -0.25) is 14.6 Å². The molecule has 0 aliphatic carbocycles. The predicted octanol–water partition coefficient (Wildman–Crippen LogP) is 1.36. The predicted molar refractivity (Wildman–Crippen MR) is 99.9 cm³/mol. The van der Waals surface area contributed by atoms with Crippen molar-refractivity contribution in [3.63, 3.8) is 0 Å². The van der Waals surface area contributed by atoms with E-state index in [1.165, 1.54) is 6.20 Å². The maximum Gasteiger partial charge on any atom is 0.304 e. The molecule has 8 nitrogen and oxygen atoms in total. The molecule has 0 saturated carbocycles. The summed E-state index contributed by atoms with van der Waals surface area (Å²) < 4.78 is 6.73. The number of rotatable bonds is 7. The lowest BCUT2D eigenvalue weighted by Gasteiger charge is -2.11. The van der Waals surface area contributed by atoms with Gasteiger partial charge in [-0.15, -0.1) is 0 Å². The second-order valence-corrected chi connectivity index (χ2v) is 6.63. The van der Waals surface area contributed by atoms with Crippen LogP contribution in [0.4, 0.5) is 0 Å². The third-order valence-corrected chi connectivity index (χ3v) is 4.55. The van der Waals surface area contributed by atoms with Crippen LogP contribution in [0.2, 0.25) is 0 Å². The Kier molecular flexibility index (Phi) is 6.31. The van der Waals surface area contributed by atoms with Crippen LogP contribution in [0, 0.1) is 5.92 Å². The van der Waals surface area contributed by atoms with E-state index < -0.39 is 11.9 Å². The molecule has 1 aliphatic rings. The van der Waals surface area contributed by atoms with E-state index in [2.05, 4.69) is 10.3 Å². The third kappa shape index (κ3) is 5.12. The summed E-state index contributed by atoms with van der Waals surface area (Å²) in [5, 5.41) is 21.4. The molecule has 0 spiro atoms. The Hall–Kier alpha value is -3.29. The van der Waals surface area contributed by atoms with E-state index in [0.717, 1.165) is 15.9 Å². The normalized spacial score (nSPS) is 16.8. The van der Waals surface area contributed by atoms with Gasteiger partial charge >= 0.3 is 5.97 Å². The molecule has 3 N–H and O–H groups in total. The van der Waals surface area contributed by atoms with Crippen LogP contribution in [0.5, 0.6) is 5.75 Å². The van der Waals surface area contributed by atoms with Crippen LogP contribution in [0.25, 0.3) is 0 Å². The summed E-state index contributed by atoms with van der Waals surface area (Å²) >= 11 is 0. The van der Waals surface area contributed by atoms with Gasteiger partial charge in [0.15, 0.2) is 5.49 Å². The van der Waals surface area contributed by atoms with Gasteiger partial charge in [-0.25, -0.2) is 0 Å². The van der Waals surface area contributed by atoms with Gasteiger partial charge in [-0.2, -0.15) is 4.73 Å². The molecule has 0 bridgehead atoms. The van der Waals surface area contributed by atoms with E-state index in [-0.39, 0.29) is 12.3 Å². The number of carbonyl (C=O) groups excluding carboxylic acids is 1. The topological polar surface area (TPSA) is 113 Å². The maximum atomic E-state index is 12.1. The van der Waals surface area contributed by atoms with E-state index in [9.17, 15) is 14.8 Å². The molecule has 2 aromatic rings. The van der Waals surface area contributed by atoms with E-state index in [4.69, 9.17) is 9.84 Å². The fourth-order valence-corrected chi connectivity index (χ4v) is 3.12. The Balaban J connectivity index is 1.56. The number of carboxylic acid groups (broad SMARTS) is 1. The van der Waals surface area contributed by atoms with Crippen molar-refractivity contribution in [3.05, 3.63) is 59.2 Å². The zero-order valence-electron chi connectivity index (χ0n) is 15.4. The minimum Gasteiger partial charge on any atom is -0.494 e. The number of nitrogens with one attached hydrogen (secondary N) is 1. The smallest absolute Gasteiger partial charge is 0.304 e. The summed E-state index contributed by atoms with van der Waals surface area (Å²) in [6.45, 7) is 1.35. The number of ether oxygens (including phenoxy) is 1. The highest BCUT2D eigenvalue weighted by atomic mass is 16.5. The van der Waals surface area contributed by atoms with Crippen molar-refractivity contribution in [2.24, 2.45) is 10.9 Å². The number of carboxylic acids is 1. The Labute approximate surface area is 162 Å². The summed E-state index contributed by atoms with van der Waals surface area (Å²) in [6, 6.07) is 10.9. The molecule has 0 saturated heterocycles. The highest BCUT2D eigenvalue weighted by Crippen LogP contribution is 2.24. The van der Waals surface area contributed by atoms with Gasteiger partial charge in [0, 0.05) is 25.7 Å². The van der Waals surface area contributed by atoms with Crippen LogP contribution >= 0.6 is 0 Å². The second-order valence-electron chi connectivity index (χ2n) is 6.63. The average Bonchev–Trinajstić information content (AvgIpc) is 2.81. The molecule has 0 radical (unpaired) electrons. The molecule has 3 rings (SSSR count). The molecule has 2 heterocycles. The minimum atomic E-state index is -0.976. The Morgan fingerprint density at radius 1 is 1.29 bits per heavy atom. The first-order valence-electron chi connectivity index (χ1n) is 9.14. The molecule has 1 atom stereocenters. The van der Waals surface area contributed by atoms with Crippen LogP contribution < -0.4 is 15.5 Å². The number of aromatic nitrogens is 1. The summed E-state index contributed by atoms with van der Waals surface area (Å²) in [5.41, 5.74) is 2.39. The monoisotopic (exact) mass is 385 g/mol. The molecule has 1 unspecified atom stereocenters. The molecule has 0 fully saturated rings. The van der Waals surface area contributed by atoms with Gasteiger partial charge in [0.25, 0.3) is 0 Å². The van der Waals surface area contributed by atoms with Crippen molar-refractivity contribution >= 4 is 11.9 Å². The number of hydrogen-bond acceptors (Lipinski definition) is 5. The second kappa shape index (κ2) is 9.07. The highest BCUT2D eigenvalue weighted by Gasteiger charge is 2.26. The molecule has 1 aromatic carbocycles. The number of hydrogen-bond donors (Lipinski definition) is 3. The molecule has 1 amide bonds. The van der Waals surface area contributed by atoms with Crippen LogP contribution in [0.1, 0.15) is 24.0 Å². The van der Waals surface area contributed by atoms with Crippen LogP contribution in [-0.4, -0.2) is 40.1 Å². The number of carbonyl (C=O) groups is 2. The van der Waals surface area contributed by atoms with Crippen LogP contribution in [0.3, 0.4) is 0 Å². The van der Waals surface area contributed by atoms with E-state index >= 15 is 0 Å². The molecule has 1 aromatic heterocycles. The molecule has 8 heteroatoms. The number of aliphatic carboxylic acids is 1. The lowest BCUT2D eigenvalue weighted by Crippen LogP contribution is -2.30. The number of benzene rings is 1. The summed E-state index contributed by atoms with van der Waals surface area (Å²) in [7, 11) is 0. The minimum absolute atomic E-state index is 0.178. The molecular weight excluding hydrogens is 362 g/mol. The lowest BCUT2D eigenvalue weighted by atomic mass is 9.94. The van der Waals surface area contributed by atoms with Gasteiger partial charge in [0.05, 0.1) is 18.9 Å². The standard InChI is InChI=1S/C20H23N3O5/c24-19(25)12-15-10-14-5-6-17(11-16(14)13-22-20(15)26)28-9-3-7-21-18-4-1-2-8-23(18)27/h1-2,4-6,8,11,15,27H,3,7,9-10,12-13H2,(H,22,26)(H,24,25). The lowest BCUT2D eigenvalue weighted by molar-refractivity contribution is -0.141. The van der Waals surface area contributed by atoms with Crippen molar-refractivity contribution in [1.29, 1.82) is 0 Å². The van der Waals surface area contributed by atoms with Crippen molar-refractivity contribution in [3.8, 4) is 5.75 Å². The quantitative estimate of drug-likeness (QED) is 0.492. The SMILES string of the molecule is O=C(O)CC1Cc2ccc(OCCCN=c3ccccn3O)cc2CNC1=O. The van der Waals surface area contributed by atoms with E-state index in [1.54, 1.807) is 18.2 Å². The largest absolute Gasteiger partial charge is 0.494 e. The molecular formula is C20H23N3O5. The third-order valence-electron chi connectivity index (χ3n) is 4.55. The average molecular weight is 385 g/mol. The molecule has 148 valence electrons. The van der Waals surface area contributed by atoms with Gasteiger partial charge in [0.1, 0.15) is 5.75 Å². The number of fused-ring (bicyclic) bond motifs is 1. The number of pyridine rings is 1. The first-order valence-corrected chi connectivity index (χ1v) is 9.14. The molecule has 28 heavy (non-hydrogen) atoms. The van der Waals surface area contributed by atoms with Crippen molar-refractivity contribution in [2.45, 2.75) is 25.8 Å². The van der Waals surface area contributed by atoms with Gasteiger partial charge in [0.2, 0.25) is 5.91 Å². The van der Waals surface area contributed by atoms with Crippen LogP contribution in [0.15, 0.2) is 47.6 Å². The Morgan fingerprint density at radius 3 is 2.93 bits per heavy atom. The summed E-state index contributed by atoms with van der Waals surface area (Å²) in [5.74, 6) is -1.07. The van der Waals surface area contributed by atoms with Gasteiger partial charge in [-0.05, 0) is 41.8 Å². The zero-order chi connectivity index (χ0) is 19.9.